The average molecular weight is 259 g/mol. The number of carbonyl (C=O) groups is 2. The molecule has 3 nitrogen and oxygen atoms in total. The molecule has 1 fully saturated rings. The zero-order valence-electron chi connectivity index (χ0n) is 12.1. The first-order chi connectivity index (χ1) is 8.91. The van der Waals surface area contributed by atoms with Gasteiger partial charge in [0.05, 0.1) is 6.04 Å². The van der Waals surface area contributed by atoms with E-state index in [0.29, 0.717) is 5.56 Å². The third-order valence-electron chi connectivity index (χ3n) is 4.03. The molecule has 0 heterocycles. The molecule has 0 bridgehead atoms. The second kappa shape index (κ2) is 5.16. The molecular weight excluding hydrogens is 238 g/mol. The van der Waals surface area contributed by atoms with Crippen LogP contribution in [0.1, 0.15) is 41.3 Å². The maximum atomic E-state index is 12.4. The van der Waals surface area contributed by atoms with Crippen molar-refractivity contribution in [2.24, 2.45) is 5.92 Å². The standard InChI is InChI=1S/C16H21NO2/c1-10-5-6-14(9-11(10)2)15(18)12(3)17(4)16(19)13-7-8-13/h5-6,9,12-13H,7-8H2,1-4H3. The number of ketones is 1. The molecule has 1 aromatic rings. The Hall–Kier alpha value is -1.64. The van der Waals surface area contributed by atoms with E-state index < -0.39 is 6.04 Å². The lowest BCUT2D eigenvalue weighted by molar-refractivity contribution is -0.132. The Bertz CT molecular complexity index is 517. The minimum Gasteiger partial charge on any atom is -0.335 e. The van der Waals surface area contributed by atoms with Crippen LogP contribution in [0.4, 0.5) is 0 Å². The summed E-state index contributed by atoms with van der Waals surface area (Å²) in [6.45, 7) is 5.82. The smallest absolute Gasteiger partial charge is 0.226 e. The van der Waals surface area contributed by atoms with Crippen LogP contribution in [0.5, 0.6) is 0 Å². The molecule has 0 spiro atoms. The number of carbonyl (C=O) groups excluding carboxylic acids is 2. The van der Waals surface area contributed by atoms with Crippen LogP contribution in [0.25, 0.3) is 0 Å². The molecule has 3 heteroatoms. The molecule has 0 saturated heterocycles. The summed E-state index contributed by atoms with van der Waals surface area (Å²) in [7, 11) is 1.73. The summed E-state index contributed by atoms with van der Waals surface area (Å²) in [6, 6.07) is 5.31. The lowest BCUT2D eigenvalue weighted by Gasteiger charge is -2.24. The SMILES string of the molecule is Cc1ccc(C(=O)C(C)N(C)C(=O)C2CC2)cc1C. The van der Waals surface area contributed by atoms with Gasteiger partial charge in [-0.3, -0.25) is 9.59 Å². The van der Waals surface area contributed by atoms with E-state index in [2.05, 4.69) is 0 Å². The monoisotopic (exact) mass is 259 g/mol. The van der Waals surface area contributed by atoms with E-state index in [0.717, 1.165) is 18.4 Å². The van der Waals surface area contributed by atoms with Gasteiger partial charge in [-0.25, -0.2) is 0 Å². The quantitative estimate of drug-likeness (QED) is 0.780. The zero-order chi connectivity index (χ0) is 14.2. The second-order valence-electron chi connectivity index (χ2n) is 5.56. The molecule has 2 rings (SSSR count). The molecule has 1 amide bonds. The van der Waals surface area contributed by atoms with E-state index in [9.17, 15) is 9.59 Å². The van der Waals surface area contributed by atoms with Gasteiger partial charge in [0, 0.05) is 18.5 Å². The van der Waals surface area contributed by atoms with Crippen LogP contribution in [0.3, 0.4) is 0 Å². The molecule has 1 unspecified atom stereocenters. The number of benzene rings is 1. The number of likely N-dealkylation sites (N-methyl/N-ethyl adjacent to an activating group) is 1. The highest BCUT2D eigenvalue weighted by atomic mass is 16.2. The fourth-order valence-electron chi connectivity index (χ4n) is 2.12. The van der Waals surface area contributed by atoms with E-state index in [1.807, 2.05) is 32.0 Å². The van der Waals surface area contributed by atoms with Crippen molar-refractivity contribution in [3.8, 4) is 0 Å². The molecule has 1 aromatic carbocycles. The first-order valence-corrected chi connectivity index (χ1v) is 6.80. The molecule has 0 radical (unpaired) electrons. The first kappa shape index (κ1) is 13.8. The van der Waals surface area contributed by atoms with Crippen LogP contribution in [0.2, 0.25) is 0 Å². The van der Waals surface area contributed by atoms with Gasteiger partial charge < -0.3 is 4.90 Å². The number of hydrogen-bond acceptors (Lipinski definition) is 2. The van der Waals surface area contributed by atoms with Gasteiger partial charge in [-0.2, -0.15) is 0 Å². The van der Waals surface area contributed by atoms with Crippen LogP contribution in [0.15, 0.2) is 18.2 Å². The van der Waals surface area contributed by atoms with E-state index in [4.69, 9.17) is 0 Å². The molecule has 19 heavy (non-hydrogen) atoms. The van der Waals surface area contributed by atoms with Crippen molar-refractivity contribution in [3.63, 3.8) is 0 Å². The first-order valence-electron chi connectivity index (χ1n) is 6.80. The van der Waals surface area contributed by atoms with Crippen LogP contribution in [-0.2, 0) is 4.79 Å². The summed E-state index contributed by atoms with van der Waals surface area (Å²) >= 11 is 0. The van der Waals surface area contributed by atoms with Gasteiger partial charge in [-0.1, -0.05) is 12.1 Å². The Kier molecular flexibility index (Phi) is 3.74. The number of amides is 1. The summed E-state index contributed by atoms with van der Waals surface area (Å²) < 4.78 is 0. The Morgan fingerprint density at radius 1 is 1.21 bits per heavy atom. The second-order valence-corrected chi connectivity index (χ2v) is 5.56. The Morgan fingerprint density at radius 2 is 1.84 bits per heavy atom. The molecule has 1 saturated carbocycles. The maximum absolute atomic E-state index is 12.4. The Labute approximate surface area is 114 Å². The normalized spacial score (nSPS) is 16.0. The van der Waals surface area contributed by atoms with Gasteiger partial charge in [-0.05, 0) is 50.8 Å². The number of rotatable bonds is 4. The highest BCUT2D eigenvalue weighted by Gasteiger charge is 2.35. The van der Waals surface area contributed by atoms with Crippen LogP contribution in [-0.4, -0.2) is 29.7 Å². The fourth-order valence-corrected chi connectivity index (χ4v) is 2.12. The van der Waals surface area contributed by atoms with Crippen molar-refractivity contribution >= 4 is 11.7 Å². The van der Waals surface area contributed by atoms with Gasteiger partial charge in [0.25, 0.3) is 0 Å². The average Bonchev–Trinajstić information content (AvgIpc) is 3.23. The molecule has 1 aliphatic rings. The van der Waals surface area contributed by atoms with E-state index in [1.54, 1.807) is 18.9 Å². The summed E-state index contributed by atoms with van der Waals surface area (Å²) in [4.78, 5) is 26.0. The van der Waals surface area contributed by atoms with Crippen molar-refractivity contribution in [1.29, 1.82) is 0 Å². The number of Topliss-reactive ketones (excluding diaryl/α,β-unsaturated/α-hetero) is 1. The van der Waals surface area contributed by atoms with Gasteiger partial charge in [0.1, 0.15) is 0 Å². The summed E-state index contributed by atoms with van der Waals surface area (Å²) in [6.07, 6.45) is 1.93. The lowest BCUT2D eigenvalue weighted by Crippen LogP contribution is -2.41. The van der Waals surface area contributed by atoms with Crippen LogP contribution >= 0.6 is 0 Å². The molecule has 1 aliphatic carbocycles. The molecule has 102 valence electrons. The number of nitrogens with zero attached hydrogens (tertiary/aromatic N) is 1. The predicted molar refractivity (Wildman–Crippen MR) is 75.2 cm³/mol. The third kappa shape index (κ3) is 2.86. The summed E-state index contributed by atoms with van der Waals surface area (Å²) in [5.74, 6) is 0.268. The van der Waals surface area contributed by atoms with Gasteiger partial charge in [0.15, 0.2) is 5.78 Å². The molecule has 1 atom stereocenters. The number of aryl methyl sites for hydroxylation is 2. The van der Waals surface area contributed by atoms with Gasteiger partial charge >= 0.3 is 0 Å². The highest BCUT2D eigenvalue weighted by Crippen LogP contribution is 2.31. The molecule has 0 aliphatic heterocycles. The molecular formula is C16H21NO2. The minimum atomic E-state index is -0.393. The minimum absolute atomic E-state index is 0.0135. The largest absolute Gasteiger partial charge is 0.335 e. The number of hydrogen-bond donors (Lipinski definition) is 0. The summed E-state index contributed by atoms with van der Waals surface area (Å²) in [5.41, 5.74) is 2.96. The van der Waals surface area contributed by atoms with Crippen molar-refractivity contribution in [1.82, 2.24) is 4.90 Å². The Morgan fingerprint density at radius 3 is 2.37 bits per heavy atom. The highest BCUT2D eigenvalue weighted by molar-refractivity contribution is 6.02. The van der Waals surface area contributed by atoms with Gasteiger partial charge in [0.2, 0.25) is 5.91 Å². The van der Waals surface area contributed by atoms with Crippen molar-refractivity contribution < 1.29 is 9.59 Å². The maximum Gasteiger partial charge on any atom is 0.226 e. The lowest BCUT2D eigenvalue weighted by atomic mass is 9.99. The summed E-state index contributed by atoms with van der Waals surface area (Å²) in [5, 5.41) is 0. The van der Waals surface area contributed by atoms with Gasteiger partial charge in [-0.15, -0.1) is 0 Å². The Balaban J connectivity index is 2.13. The van der Waals surface area contributed by atoms with Crippen LogP contribution < -0.4 is 0 Å². The van der Waals surface area contributed by atoms with Crippen molar-refractivity contribution in [2.45, 2.75) is 39.7 Å². The van der Waals surface area contributed by atoms with E-state index in [-0.39, 0.29) is 17.6 Å². The van der Waals surface area contributed by atoms with E-state index >= 15 is 0 Å². The molecule has 0 N–H and O–H groups in total. The third-order valence-corrected chi connectivity index (χ3v) is 4.03. The topological polar surface area (TPSA) is 37.4 Å². The van der Waals surface area contributed by atoms with Crippen LogP contribution in [0, 0.1) is 19.8 Å². The van der Waals surface area contributed by atoms with Crippen molar-refractivity contribution in [3.05, 3.63) is 34.9 Å². The molecule has 0 aromatic heterocycles. The predicted octanol–water partition coefficient (Wildman–Crippen LogP) is 2.74. The zero-order valence-corrected chi connectivity index (χ0v) is 12.1. The fraction of sp³-hybridized carbons (Fsp3) is 0.500. The van der Waals surface area contributed by atoms with E-state index in [1.165, 1.54) is 5.56 Å². The van der Waals surface area contributed by atoms with Crippen molar-refractivity contribution in [2.75, 3.05) is 7.05 Å².